The molecule has 1 aromatic heterocycles. The molecule has 1 fully saturated rings. The zero-order valence-corrected chi connectivity index (χ0v) is 28.7. The van der Waals surface area contributed by atoms with Gasteiger partial charge >= 0.3 is 0 Å². The lowest BCUT2D eigenvalue weighted by atomic mass is 9.82. The van der Waals surface area contributed by atoms with Crippen LogP contribution in [-0.4, -0.2) is 59.3 Å². The number of aromatic amines is 1. The first kappa shape index (κ1) is 32.7. The van der Waals surface area contributed by atoms with E-state index in [0.717, 1.165) is 5.56 Å². The maximum atomic E-state index is 16.5. The van der Waals surface area contributed by atoms with Crippen molar-refractivity contribution < 1.29 is 23.5 Å². The molecule has 1 spiro atoms. The van der Waals surface area contributed by atoms with E-state index in [1.807, 2.05) is 79.7 Å². The van der Waals surface area contributed by atoms with E-state index in [-0.39, 0.29) is 43.5 Å². The van der Waals surface area contributed by atoms with Gasteiger partial charge in [-0.15, -0.1) is 0 Å². The zero-order chi connectivity index (χ0) is 34.5. The second kappa shape index (κ2) is 12.6. The zero-order valence-electron chi connectivity index (χ0n) is 27.7. The number of aliphatic hydroxyl groups is 1. The van der Waals surface area contributed by atoms with Crippen molar-refractivity contribution in [3.05, 3.63) is 125 Å². The van der Waals surface area contributed by atoms with Crippen molar-refractivity contribution in [3.63, 3.8) is 0 Å². The van der Waals surface area contributed by atoms with Crippen molar-refractivity contribution >= 4 is 42.5 Å². The highest BCUT2D eigenvalue weighted by atomic mass is 28.4. The molecule has 0 aliphatic carbocycles. The number of carbonyl (C=O) groups is 2. The number of H-pyrrole nitrogens is 1. The fourth-order valence-corrected chi connectivity index (χ4v) is 10.4. The molecule has 11 heteroatoms. The molecule has 4 atom stereocenters. The first-order valence-corrected chi connectivity index (χ1v) is 19.5. The number of para-hydroxylation sites is 2. The Kier molecular flexibility index (Phi) is 8.38. The number of aliphatic hydroxyl groups excluding tert-OH is 1. The average molecular weight is 679 g/mol. The highest BCUT2D eigenvalue weighted by Crippen LogP contribution is 2.61. The van der Waals surface area contributed by atoms with E-state index in [1.54, 1.807) is 53.2 Å². The summed E-state index contributed by atoms with van der Waals surface area (Å²) in [6, 6.07) is 31.3. The molecule has 2 N–H and O–H groups in total. The Morgan fingerprint density at radius 2 is 1.63 bits per heavy atom. The first-order chi connectivity index (χ1) is 23.5. The van der Waals surface area contributed by atoms with Crippen LogP contribution < -0.4 is 10.5 Å². The minimum absolute atomic E-state index is 0.106. The predicted molar refractivity (Wildman–Crippen MR) is 189 cm³/mol. The average Bonchev–Trinajstić information content (AvgIpc) is 3.68. The number of fused-ring (bicyclic) bond motifs is 3. The fraction of sp³-hybridized carbons (Fsp3) is 0.289. The number of aromatic nitrogens is 2. The normalized spacial score (nSPS) is 21.9. The van der Waals surface area contributed by atoms with Crippen LogP contribution in [0.25, 0.3) is 16.6 Å². The van der Waals surface area contributed by atoms with Gasteiger partial charge < -0.3 is 18.9 Å². The van der Waals surface area contributed by atoms with Crippen LogP contribution in [0.15, 0.2) is 108 Å². The number of amides is 2. The summed E-state index contributed by atoms with van der Waals surface area (Å²) in [5, 5.41) is 13.5. The van der Waals surface area contributed by atoms with Crippen LogP contribution in [0.3, 0.4) is 0 Å². The summed E-state index contributed by atoms with van der Waals surface area (Å²) in [5.74, 6) is -1.30. The van der Waals surface area contributed by atoms with Crippen molar-refractivity contribution in [2.75, 3.05) is 18.1 Å². The van der Waals surface area contributed by atoms with Crippen LogP contribution in [0.2, 0.25) is 18.6 Å². The van der Waals surface area contributed by atoms with Gasteiger partial charge in [0.15, 0.2) is 5.60 Å². The van der Waals surface area contributed by atoms with Crippen LogP contribution in [0.5, 0.6) is 0 Å². The standard InChI is InChI=1S/C38H39FN4O5Si/c1-25-35(49(2,3)39)33(23-34(45)41(20-21-44)24-26-12-6-4-7-13-26)48-38(25)30-22-28(43-36(46)29-16-10-11-17-31(29)40-43)18-19-32(30)42(37(38)47)27-14-8-5-9-15-27/h4-19,22,25,33,35,40,44H,20-21,23-24H2,1-3H3/t25-,33+,35-,38+/m0/s1. The van der Waals surface area contributed by atoms with Crippen LogP contribution >= 0.6 is 0 Å². The maximum absolute atomic E-state index is 16.5. The summed E-state index contributed by atoms with van der Waals surface area (Å²) >= 11 is 0. The molecule has 2 aliphatic rings. The van der Waals surface area contributed by atoms with Gasteiger partial charge in [-0.1, -0.05) is 67.6 Å². The molecule has 252 valence electrons. The number of carbonyl (C=O) groups excluding carboxylic acids is 2. The van der Waals surface area contributed by atoms with E-state index in [4.69, 9.17) is 4.74 Å². The van der Waals surface area contributed by atoms with E-state index >= 15 is 4.11 Å². The smallest absolute Gasteiger partial charge is 0.279 e. The number of nitrogens with zero attached hydrogens (tertiary/aromatic N) is 3. The van der Waals surface area contributed by atoms with Gasteiger partial charge in [0.2, 0.25) is 14.3 Å². The molecule has 0 radical (unpaired) electrons. The number of hydrogen-bond donors (Lipinski definition) is 2. The predicted octanol–water partition coefficient (Wildman–Crippen LogP) is 6.18. The second-order valence-electron chi connectivity index (χ2n) is 13.5. The topological polar surface area (TPSA) is 108 Å². The molecule has 4 aromatic carbocycles. The summed E-state index contributed by atoms with van der Waals surface area (Å²) in [4.78, 5) is 45.5. The number of halogens is 1. The molecule has 1 saturated heterocycles. The second-order valence-corrected chi connectivity index (χ2v) is 17.3. The van der Waals surface area contributed by atoms with Crippen molar-refractivity contribution in [2.45, 2.75) is 50.2 Å². The number of hydrogen-bond acceptors (Lipinski definition) is 5. The molecule has 7 rings (SSSR count). The van der Waals surface area contributed by atoms with Gasteiger partial charge in [0, 0.05) is 35.8 Å². The largest absolute Gasteiger partial charge is 0.395 e. The lowest BCUT2D eigenvalue weighted by molar-refractivity contribution is -0.149. The molecule has 3 heterocycles. The Morgan fingerprint density at radius 1 is 0.959 bits per heavy atom. The van der Waals surface area contributed by atoms with Crippen molar-refractivity contribution in [1.29, 1.82) is 0 Å². The Balaban J connectivity index is 1.34. The quantitative estimate of drug-likeness (QED) is 0.143. The Morgan fingerprint density at radius 3 is 2.31 bits per heavy atom. The van der Waals surface area contributed by atoms with Crippen LogP contribution in [0, 0.1) is 5.92 Å². The maximum Gasteiger partial charge on any atom is 0.279 e. The summed E-state index contributed by atoms with van der Waals surface area (Å²) in [7, 11) is -3.58. The van der Waals surface area contributed by atoms with E-state index in [0.29, 0.717) is 33.5 Å². The monoisotopic (exact) mass is 678 g/mol. The minimum atomic E-state index is -3.58. The first-order valence-electron chi connectivity index (χ1n) is 16.6. The highest BCUT2D eigenvalue weighted by molar-refractivity contribution is 6.72. The summed E-state index contributed by atoms with van der Waals surface area (Å²) in [5.41, 5.74) is 1.22. The summed E-state index contributed by atoms with van der Waals surface area (Å²) in [6.45, 7) is 5.19. The molecule has 2 aliphatic heterocycles. The van der Waals surface area contributed by atoms with Crippen molar-refractivity contribution in [2.24, 2.45) is 5.92 Å². The van der Waals surface area contributed by atoms with Crippen LogP contribution in [0.4, 0.5) is 15.5 Å². The van der Waals surface area contributed by atoms with E-state index < -0.39 is 31.6 Å². The Bertz CT molecular complexity index is 2080. The highest BCUT2D eigenvalue weighted by Gasteiger charge is 2.67. The lowest BCUT2D eigenvalue weighted by Crippen LogP contribution is -2.44. The van der Waals surface area contributed by atoms with Crippen molar-refractivity contribution in [3.8, 4) is 5.69 Å². The third-order valence-electron chi connectivity index (χ3n) is 10.0. The third kappa shape index (κ3) is 5.51. The minimum Gasteiger partial charge on any atom is -0.395 e. The third-order valence-corrected chi connectivity index (χ3v) is 12.5. The number of benzene rings is 4. The van der Waals surface area contributed by atoms with Gasteiger partial charge in [-0.25, -0.2) is 4.68 Å². The van der Waals surface area contributed by atoms with Gasteiger partial charge in [-0.3, -0.25) is 24.4 Å². The molecular weight excluding hydrogens is 640 g/mol. The van der Waals surface area contributed by atoms with Crippen molar-refractivity contribution in [1.82, 2.24) is 14.7 Å². The number of rotatable bonds is 9. The number of nitrogens with one attached hydrogen (secondary N) is 1. The van der Waals surface area contributed by atoms with E-state index in [9.17, 15) is 19.5 Å². The summed E-state index contributed by atoms with van der Waals surface area (Å²) < 4.78 is 24.9. The molecule has 0 bridgehead atoms. The van der Waals surface area contributed by atoms with E-state index in [1.165, 1.54) is 4.68 Å². The van der Waals surface area contributed by atoms with Gasteiger partial charge in [-0.2, -0.15) is 0 Å². The van der Waals surface area contributed by atoms with Gasteiger partial charge in [0.25, 0.3) is 11.5 Å². The van der Waals surface area contributed by atoms with Gasteiger partial charge in [0.05, 0.1) is 41.4 Å². The molecule has 2 amide bonds. The molecule has 0 saturated carbocycles. The number of anilines is 2. The molecule has 0 unspecified atom stereocenters. The molecule has 5 aromatic rings. The SMILES string of the molecule is C[C@H]1[C@H]([Si](C)(C)F)[C@@H](CC(=O)N(CCO)Cc2ccccc2)O[C@]12C(=O)N(c1ccccc1)c1ccc(-n3[nH]c4ccccc4c3=O)cc12. The van der Waals surface area contributed by atoms with Crippen LogP contribution in [-0.2, 0) is 26.5 Å². The Labute approximate surface area is 284 Å². The molecule has 49 heavy (non-hydrogen) atoms. The Hall–Kier alpha value is -4.84. The van der Waals surface area contributed by atoms with E-state index in [2.05, 4.69) is 5.10 Å². The van der Waals surface area contributed by atoms with Crippen LogP contribution in [0.1, 0.15) is 24.5 Å². The molecule has 9 nitrogen and oxygen atoms in total. The van der Waals surface area contributed by atoms with Gasteiger partial charge in [-0.05, 0) is 61.1 Å². The van der Waals surface area contributed by atoms with Gasteiger partial charge in [0.1, 0.15) is 0 Å². The lowest BCUT2D eigenvalue weighted by Gasteiger charge is -2.31. The summed E-state index contributed by atoms with van der Waals surface area (Å²) in [6.07, 6.45) is -1.06. The fourth-order valence-electron chi connectivity index (χ4n) is 7.89. The molecular formula is C38H39FN4O5Si. The number of ether oxygens (including phenoxy) is 1.